The highest BCUT2D eigenvalue weighted by Gasteiger charge is 1.93. The van der Waals surface area contributed by atoms with Gasteiger partial charge in [0, 0.05) is 13.3 Å². The van der Waals surface area contributed by atoms with Crippen molar-refractivity contribution in [2.24, 2.45) is 5.10 Å². The third-order valence-electron chi connectivity index (χ3n) is 1.78. The Labute approximate surface area is 85.6 Å². The molecule has 14 heavy (non-hydrogen) atoms. The van der Waals surface area contributed by atoms with Crippen LogP contribution in [0.2, 0.25) is 0 Å². The van der Waals surface area contributed by atoms with E-state index in [1.54, 1.807) is 0 Å². The van der Waals surface area contributed by atoms with Crippen molar-refractivity contribution in [1.82, 2.24) is 0 Å². The molecule has 0 aliphatic heterocycles. The molecule has 0 atom stereocenters. The number of benzene rings is 1. The molecule has 0 aliphatic carbocycles. The van der Waals surface area contributed by atoms with Crippen molar-refractivity contribution in [3.8, 4) is 0 Å². The molecule has 0 N–H and O–H groups in total. The van der Waals surface area contributed by atoms with Crippen molar-refractivity contribution in [2.45, 2.75) is 13.8 Å². The zero-order valence-electron chi connectivity index (χ0n) is 8.94. The van der Waals surface area contributed by atoms with E-state index in [9.17, 15) is 0 Å². The van der Waals surface area contributed by atoms with Crippen molar-refractivity contribution in [2.75, 3.05) is 12.1 Å². The maximum absolute atomic E-state index is 4.27. The number of allylic oxidation sites excluding steroid dienone is 2. The highest BCUT2D eigenvalue weighted by atomic mass is 15.4. The molecule has 2 heteroatoms. The Bertz CT molecular complexity index is 321. The largest absolute Gasteiger partial charge is 0.269 e. The van der Waals surface area contributed by atoms with Crippen LogP contribution >= 0.6 is 0 Å². The van der Waals surface area contributed by atoms with Gasteiger partial charge in [-0.2, -0.15) is 5.10 Å². The van der Waals surface area contributed by atoms with Gasteiger partial charge >= 0.3 is 0 Å². The Morgan fingerprint density at radius 2 is 1.86 bits per heavy atom. The van der Waals surface area contributed by atoms with Gasteiger partial charge in [-0.3, -0.25) is 5.01 Å². The molecule has 0 saturated carbocycles. The molecule has 1 rings (SSSR count). The van der Waals surface area contributed by atoms with Crippen molar-refractivity contribution in [3.05, 3.63) is 42.0 Å². The number of rotatable bonds is 3. The second-order valence-electron chi connectivity index (χ2n) is 3.37. The summed E-state index contributed by atoms with van der Waals surface area (Å²) in [4.78, 5) is 0. The molecule has 0 aliphatic rings. The van der Waals surface area contributed by atoms with Crippen LogP contribution in [0, 0.1) is 0 Å². The molecule has 1 aromatic carbocycles. The first-order chi connectivity index (χ1) is 6.70. The predicted octanol–water partition coefficient (Wildman–Crippen LogP) is 3.07. The van der Waals surface area contributed by atoms with Gasteiger partial charge in [0.25, 0.3) is 0 Å². The Morgan fingerprint density at radius 3 is 2.43 bits per heavy atom. The van der Waals surface area contributed by atoms with Crippen LogP contribution in [0.4, 0.5) is 5.69 Å². The summed E-state index contributed by atoms with van der Waals surface area (Å²) < 4.78 is 0. The molecule has 0 amide bonds. The molecular weight excluding hydrogens is 172 g/mol. The van der Waals surface area contributed by atoms with Gasteiger partial charge in [0.1, 0.15) is 0 Å². The Balaban J connectivity index is 2.64. The summed E-state index contributed by atoms with van der Waals surface area (Å²) >= 11 is 0. The van der Waals surface area contributed by atoms with Gasteiger partial charge in [-0.15, -0.1) is 0 Å². The first kappa shape index (κ1) is 10.5. The average Bonchev–Trinajstić information content (AvgIpc) is 2.18. The smallest absolute Gasteiger partial charge is 0.0590 e. The molecule has 0 spiro atoms. The van der Waals surface area contributed by atoms with Crippen LogP contribution in [0.25, 0.3) is 0 Å². The molecule has 1 aromatic rings. The number of para-hydroxylation sites is 1. The molecule has 0 bridgehead atoms. The van der Waals surface area contributed by atoms with Crippen molar-refractivity contribution >= 4 is 11.9 Å². The summed E-state index contributed by atoms with van der Waals surface area (Å²) in [5.41, 5.74) is 2.33. The second kappa shape index (κ2) is 5.22. The van der Waals surface area contributed by atoms with Gasteiger partial charge < -0.3 is 0 Å². The van der Waals surface area contributed by atoms with Crippen LogP contribution in [0.15, 0.2) is 47.1 Å². The molecule has 0 fully saturated rings. The lowest BCUT2D eigenvalue weighted by molar-refractivity contribution is 1.02. The Hall–Kier alpha value is -1.57. The van der Waals surface area contributed by atoms with E-state index in [2.05, 4.69) is 18.9 Å². The summed E-state index contributed by atoms with van der Waals surface area (Å²) in [6, 6.07) is 10.1. The molecule has 0 saturated heterocycles. The number of anilines is 1. The minimum Gasteiger partial charge on any atom is -0.269 e. The van der Waals surface area contributed by atoms with Gasteiger partial charge in [0.2, 0.25) is 0 Å². The summed E-state index contributed by atoms with van der Waals surface area (Å²) in [6.07, 6.45) is 3.79. The maximum Gasteiger partial charge on any atom is 0.0590 e. The van der Waals surface area contributed by atoms with Gasteiger partial charge in [-0.05, 0) is 32.1 Å². The highest BCUT2D eigenvalue weighted by Crippen LogP contribution is 2.10. The topological polar surface area (TPSA) is 15.6 Å². The normalized spacial score (nSPS) is 10.2. The molecule has 0 aromatic heterocycles. The molecule has 2 nitrogen and oxygen atoms in total. The summed E-state index contributed by atoms with van der Waals surface area (Å²) in [5.74, 6) is 0. The van der Waals surface area contributed by atoms with E-state index in [0.717, 1.165) is 5.69 Å². The third kappa shape index (κ3) is 3.44. The molecule has 0 radical (unpaired) electrons. The van der Waals surface area contributed by atoms with Gasteiger partial charge in [-0.25, -0.2) is 0 Å². The lowest BCUT2D eigenvalue weighted by Gasteiger charge is -2.11. The molecule has 74 valence electrons. The van der Waals surface area contributed by atoms with E-state index in [4.69, 9.17) is 0 Å². The fourth-order valence-corrected chi connectivity index (χ4v) is 0.993. The van der Waals surface area contributed by atoms with Crippen molar-refractivity contribution in [3.63, 3.8) is 0 Å². The van der Waals surface area contributed by atoms with Crippen LogP contribution in [-0.4, -0.2) is 13.3 Å². The fourth-order valence-electron chi connectivity index (χ4n) is 0.993. The van der Waals surface area contributed by atoms with E-state index < -0.39 is 0 Å². The molecular formula is C12H16N2. The summed E-state index contributed by atoms with van der Waals surface area (Å²) in [7, 11) is 1.94. The van der Waals surface area contributed by atoms with Crippen molar-refractivity contribution < 1.29 is 0 Å². The van der Waals surface area contributed by atoms with Crippen LogP contribution in [-0.2, 0) is 0 Å². The van der Waals surface area contributed by atoms with Crippen molar-refractivity contribution in [1.29, 1.82) is 0 Å². The number of hydrazone groups is 1. The number of hydrogen-bond acceptors (Lipinski definition) is 2. The highest BCUT2D eigenvalue weighted by molar-refractivity contribution is 5.73. The first-order valence-corrected chi connectivity index (χ1v) is 4.66. The van der Waals surface area contributed by atoms with Crippen LogP contribution in [0.5, 0.6) is 0 Å². The number of hydrogen-bond donors (Lipinski definition) is 0. The lowest BCUT2D eigenvalue weighted by atomic mass is 10.3. The third-order valence-corrected chi connectivity index (χ3v) is 1.78. The van der Waals surface area contributed by atoms with E-state index in [1.807, 2.05) is 54.7 Å². The van der Waals surface area contributed by atoms with Crippen LogP contribution in [0.1, 0.15) is 13.8 Å². The quantitative estimate of drug-likeness (QED) is 0.525. The van der Waals surface area contributed by atoms with Crippen LogP contribution < -0.4 is 5.01 Å². The zero-order chi connectivity index (χ0) is 10.4. The standard InChI is InChI=1S/C12H16N2/c1-11(2)9-10-13-14(3)12-7-5-4-6-8-12/h4-10H,1-3H3/b13-10+. The average molecular weight is 188 g/mol. The second-order valence-corrected chi connectivity index (χ2v) is 3.37. The zero-order valence-corrected chi connectivity index (χ0v) is 8.94. The SMILES string of the molecule is CC(C)=C/C=N/N(C)c1ccccc1. The number of nitrogens with zero attached hydrogens (tertiary/aromatic N) is 2. The van der Waals surface area contributed by atoms with E-state index in [-0.39, 0.29) is 0 Å². The lowest BCUT2D eigenvalue weighted by Crippen LogP contribution is -2.07. The molecule has 0 unspecified atom stereocenters. The van der Waals surface area contributed by atoms with E-state index in [1.165, 1.54) is 5.57 Å². The minimum absolute atomic E-state index is 1.09. The van der Waals surface area contributed by atoms with E-state index in [0.29, 0.717) is 0 Å². The van der Waals surface area contributed by atoms with Gasteiger partial charge in [-0.1, -0.05) is 23.8 Å². The minimum atomic E-state index is 1.09. The maximum atomic E-state index is 4.27. The monoisotopic (exact) mass is 188 g/mol. The molecule has 0 heterocycles. The summed E-state index contributed by atoms with van der Waals surface area (Å²) in [5, 5.41) is 6.11. The van der Waals surface area contributed by atoms with Gasteiger partial charge in [0.15, 0.2) is 0 Å². The van der Waals surface area contributed by atoms with Crippen LogP contribution in [0.3, 0.4) is 0 Å². The predicted molar refractivity (Wildman–Crippen MR) is 62.8 cm³/mol. The fraction of sp³-hybridized carbons (Fsp3) is 0.250. The first-order valence-electron chi connectivity index (χ1n) is 4.66. The Morgan fingerprint density at radius 1 is 1.21 bits per heavy atom. The Kier molecular flexibility index (Phi) is 3.92. The van der Waals surface area contributed by atoms with E-state index >= 15 is 0 Å². The summed E-state index contributed by atoms with van der Waals surface area (Å²) in [6.45, 7) is 4.10. The van der Waals surface area contributed by atoms with Gasteiger partial charge in [0.05, 0.1) is 5.69 Å².